The number of carbonyl (C=O) groups excluding carboxylic acids is 2. The summed E-state index contributed by atoms with van der Waals surface area (Å²) < 4.78 is 40.3. The van der Waals surface area contributed by atoms with E-state index < -0.39 is 29.9 Å². The predicted molar refractivity (Wildman–Crippen MR) is 142 cm³/mol. The normalized spacial score (nSPS) is 23.9. The number of hydrogen-bond acceptors (Lipinski definition) is 9. The number of esters is 2. The molecule has 0 aliphatic carbocycles. The van der Waals surface area contributed by atoms with Gasteiger partial charge in [-0.2, -0.15) is 0 Å². The summed E-state index contributed by atoms with van der Waals surface area (Å²) in [6.45, 7) is 3.80. The van der Waals surface area contributed by atoms with Gasteiger partial charge in [-0.1, -0.05) is 24.3 Å². The van der Waals surface area contributed by atoms with Crippen molar-refractivity contribution < 1.29 is 42.7 Å². The van der Waals surface area contributed by atoms with Crippen LogP contribution < -0.4 is 9.47 Å². The van der Waals surface area contributed by atoms with E-state index in [1.54, 1.807) is 43.5 Å². The molecule has 39 heavy (non-hydrogen) atoms. The Bertz CT molecular complexity index is 1160. The fourth-order valence-corrected chi connectivity index (χ4v) is 4.79. The molecule has 0 aromatic heterocycles. The van der Waals surface area contributed by atoms with Crippen LogP contribution in [0.4, 0.5) is 0 Å². The van der Waals surface area contributed by atoms with Crippen LogP contribution in [0.15, 0.2) is 54.6 Å². The largest absolute Gasteiger partial charge is 0.497 e. The molecule has 2 aromatic carbocycles. The summed E-state index contributed by atoms with van der Waals surface area (Å²) in [6, 6.07) is 12.3. The number of cyclic esters (lactones) is 1. The first-order valence-corrected chi connectivity index (χ1v) is 13.1. The molecule has 0 amide bonds. The summed E-state index contributed by atoms with van der Waals surface area (Å²) in [5, 5.41) is 0. The van der Waals surface area contributed by atoms with E-state index in [2.05, 4.69) is 0 Å². The molecule has 2 aliphatic rings. The van der Waals surface area contributed by atoms with Gasteiger partial charge in [-0.3, -0.25) is 0 Å². The molecule has 2 aliphatic heterocycles. The standard InChI is InChI=1S/C30H36O9/c1-30(2)38-24-15-10-13-21-17-22(34-4)18-25(36-19-33-3)26(21)29(32)35-16-9-8-14-23(27(24)39-30)37-28(31)20-11-6-5-7-12-20/h5-8,11-12,14,17-18,23-24,27H,9-10,13,15-16,19H2,1-4H3/b14-8-. The first-order valence-electron chi connectivity index (χ1n) is 13.1. The molecule has 4 rings (SSSR count). The van der Waals surface area contributed by atoms with Gasteiger partial charge in [0.1, 0.15) is 29.3 Å². The lowest BCUT2D eigenvalue weighted by molar-refractivity contribution is -0.153. The number of methoxy groups -OCH3 is 2. The van der Waals surface area contributed by atoms with Gasteiger partial charge < -0.3 is 33.2 Å². The van der Waals surface area contributed by atoms with E-state index in [0.717, 1.165) is 5.56 Å². The lowest BCUT2D eigenvalue weighted by Gasteiger charge is -2.25. The molecule has 9 heteroatoms. The van der Waals surface area contributed by atoms with E-state index in [9.17, 15) is 9.59 Å². The van der Waals surface area contributed by atoms with E-state index in [-0.39, 0.29) is 19.5 Å². The zero-order valence-electron chi connectivity index (χ0n) is 22.8. The van der Waals surface area contributed by atoms with Crippen molar-refractivity contribution in [2.75, 3.05) is 27.6 Å². The fraction of sp³-hybridized carbons (Fsp3) is 0.467. The maximum absolute atomic E-state index is 13.2. The molecular formula is C30H36O9. The van der Waals surface area contributed by atoms with Crippen molar-refractivity contribution in [3.8, 4) is 11.5 Å². The predicted octanol–water partition coefficient (Wildman–Crippen LogP) is 4.86. The van der Waals surface area contributed by atoms with Gasteiger partial charge >= 0.3 is 11.9 Å². The summed E-state index contributed by atoms with van der Waals surface area (Å²) in [4.78, 5) is 26.1. The molecule has 0 spiro atoms. The highest BCUT2D eigenvalue weighted by atomic mass is 16.8. The Morgan fingerprint density at radius 3 is 2.64 bits per heavy atom. The molecule has 3 atom stereocenters. The average molecular weight is 541 g/mol. The number of benzene rings is 2. The topological polar surface area (TPSA) is 98.8 Å². The zero-order chi connectivity index (χ0) is 27.8. The average Bonchev–Trinajstić information content (AvgIpc) is 3.24. The Morgan fingerprint density at radius 2 is 1.90 bits per heavy atom. The molecule has 2 heterocycles. The van der Waals surface area contributed by atoms with Crippen LogP contribution >= 0.6 is 0 Å². The molecule has 210 valence electrons. The van der Waals surface area contributed by atoms with Gasteiger partial charge in [0.25, 0.3) is 0 Å². The van der Waals surface area contributed by atoms with Crippen LogP contribution in [0, 0.1) is 0 Å². The first-order chi connectivity index (χ1) is 18.8. The van der Waals surface area contributed by atoms with E-state index in [4.69, 9.17) is 33.2 Å². The van der Waals surface area contributed by atoms with Crippen LogP contribution in [0.25, 0.3) is 0 Å². The highest BCUT2D eigenvalue weighted by molar-refractivity contribution is 5.94. The van der Waals surface area contributed by atoms with E-state index in [1.807, 2.05) is 32.1 Å². The van der Waals surface area contributed by atoms with Crippen molar-refractivity contribution in [1.82, 2.24) is 0 Å². The number of aryl methyl sites for hydroxylation is 1. The molecule has 0 saturated carbocycles. The summed E-state index contributed by atoms with van der Waals surface area (Å²) in [6.07, 6.45) is 4.26. The molecule has 0 bridgehead atoms. The quantitative estimate of drug-likeness (QED) is 0.289. The lowest BCUT2D eigenvalue weighted by atomic mass is 9.96. The molecule has 1 saturated heterocycles. The van der Waals surface area contributed by atoms with E-state index in [1.165, 1.54) is 7.11 Å². The minimum Gasteiger partial charge on any atom is -0.497 e. The van der Waals surface area contributed by atoms with Crippen molar-refractivity contribution >= 4 is 11.9 Å². The van der Waals surface area contributed by atoms with Gasteiger partial charge in [-0.25, -0.2) is 9.59 Å². The van der Waals surface area contributed by atoms with Crippen molar-refractivity contribution in [3.05, 3.63) is 71.3 Å². The third-order valence-electron chi connectivity index (χ3n) is 6.51. The Kier molecular flexibility index (Phi) is 9.61. The second-order valence-electron chi connectivity index (χ2n) is 9.83. The number of carbonyl (C=O) groups is 2. The Labute approximate surface area is 228 Å². The molecule has 3 unspecified atom stereocenters. The molecular weight excluding hydrogens is 504 g/mol. The second kappa shape index (κ2) is 13.1. The maximum atomic E-state index is 13.2. The molecule has 9 nitrogen and oxygen atoms in total. The molecule has 2 aromatic rings. The van der Waals surface area contributed by atoms with Crippen molar-refractivity contribution in [3.63, 3.8) is 0 Å². The summed E-state index contributed by atoms with van der Waals surface area (Å²) in [5.41, 5.74) is 1.54. The highest BCUT2D eigenvalue weighted by Gasteiger charge is 2.45. The number of rotatable bonds is 6. The number of ether oxygens (including phenoxy) is 7. The van der Waals surface area contributed by atoms with Crippen molar-refractivity contribution in [2.45, 2.75) is 63.6 Å². The van der Waals surface area contributed by atoms with Crippen LogP contribution in [0.2, 0.25) is 0 Å². The minimum absolute atomic E-state index is 0.0251. The SMILES string of the molecule is COCOc1cc(OC)cc2c1C(=O)OCC/C=C\C(OC(=O)c1ccccc1)C1OC(C)(C)OC1CCC2. The Balaban J connectivity index is 1.62. The number of hydrogen-bond donors (Lipinski definition) is 0. The van der Waals surface area contributed by atoms with Crippen LogP contribution in [0.1, 0.15) is 59.4 Å². The Morgan fingerprint density at radius 1 is 1.10 bits per heavy atom. The maximum Gasteiger partial charge on any atom is 0.342 e. The van der Waals surface area contributed by atoms with Crippen molar-refractivity contribution in [2.24, 2.45) is 0 Å². The van der Waals surface area contributed by atoms with E-state index in [0.29, 0.717) is 48.3 Å². The second-order valence-corrected chi connectivity index (χ2v) is 9.83. The molecule has 0 radical (unpaired) electrons. The molecule has 1 fully saturated rings. The smallest absolute Gasteiger partial charge is 0.342 e. The monoisotopic (exact) mass is 540 g/mol. The zero-order valence-corrected chi connectivity index (χ0v) is 22.8. The molecule has 0 N–H and O–H groups in total. The van der Waals surface area contributed by atoms with Gasteiger partial charge in [0.15, 0.2) is 12.6 Å². The number of fused-ring (bicyclic) bond motifs is 2. The third kappa shape index (κ3) is 7.38. The fourth-order valence-electron chi connectivity index (χ4n) is 4.79. The van der Waals surface area contributed by atoms with Gasteiger partial charge in [0, 0.05) is 13.2 Å². The summed E-state index contributed by atoms with van der Waals surface area (Å²) in [5.74, 6) is -0.893. The third-order valence-corrected chi connectivity index (χ3v) is 6.51. The Hall–Kier alpha value is -3.40. The van der Waals surface area contributed by atoms with Crippen molar-refractivity contribution in [1.29, 1.82) is 0 Å². The lowest BCUT2D eigenvalue weighted by Crippen LogP contribution is -2.37. The first kappa shape index (κ1) is 28.6. The van der Waals surface area contributed by atoms with E-state index >= 15 is 0 Å². The van der Waals surface area contributed by atoms with Crippen LogP contribution in [-0.4, -0.2) is 63.7 Å². The summed E-state index contributed by atoms with van der Waals surface area (Å²) in [7, 11) is 3.07. The van der Waals surface area contributed by atoms with Crippen LogP contribution in [0.5, 0.6) is 11.5 Å². The highest BCUT2D eigenvalue weighted by Crippen LogP contribution is 2.36. The van der Waals surface area contributed by atoms with Gasteiger partial charge in [0.05, 0.1) is 25.4 Å². The van der Waals surface area contributed by atoms with Gasteiger partial charge in [0.2, 0.25) is 0 Å². The van der Waals surface area contributed by atoms with Gasteiger partial charge in [-0.05, 0) is 69.4 Å². The van der Waals surface area contributed by atoms with Gasteiger partial charge in [-0.15, -0.1) is 0 Å². The summed E-state index contributed by atoms with van der Waals surface area (Å²) >= 11 is 0. The minimum atomic E-state index is -0.851. The van der Waals surface area contributed by atoms with Crippen LogP contribution in [-0.2, 0) is 30.1 Å². The van der Waals surface area contributed by atoms with Crippen LogP contribution in [0.3, 0.4) is 0 Å².